The van der Waals surface area contributed by atoms with Gasteiger partial charge in [0.1, 0.15) is 6.61 Å². The molecule has 30 heavy (non-hydrogen) atoms. The zero-order chi connectivity index (χ0) is 21.3. The van der Waals surface area contributed by atoms with E-state index in [0.717, 1.165) is 13.0 Å². The quantitative estimate of drug-likeness (QED) is 0.510. The van der Waals surface area contributed by atoms with Gasteiger partial charge in [0.2, 0.25) is 5.91 Å². The fourth-order valence-electron chi connectivity index (χ4n) is 3.49. The number of carbonyl (C=O) groups excluding carboxylic acids is 2. The molecule has 1 heterocycles. The van der Waals surface area contributed by atoms with Crippen molar-refractivity contribution in [3.8, 4) is 11.5 Å². The van der Waals surface area contributed by atoms with Gasteiger partial charge in [-0.3, -0.25) is 9.59 Å². The summed E-state index contributed by atoms with van der Waals surface area (Å²) in [6.07, 6.45) is 3.55. The van der Waals surface area contributed by atoms with E-state index in [-0.39, 0.29) is 11.8 Å². The second-order valence-electron chi connectivity index (χ2n) is 7.16. The summed E-state index contributed by atoms with van der Waals surface area (Å²) in [5.41, 5.74) is 3.03. The molecular formula is C24H28N2O4. The molecule has 0 radical (unpaired) electrons. The topological polar surface area (TPSA) is 67.9 Å². The number of hydrogen-bond donors (Lipinski definition) is 1. The Morgan fingerprint density at radius 2 is 1.97 bits per heavy atom. The van der Waals surface area contributed by atoms with Crippen LogP contribution in [-0.4, -0.2) is 43.5 Å². The lowest BCUT2D eigenvalue weighted by molar-refractivity contribution is -0.132. The van der Waals surface area contributed by atoms with Crippen molar-refractivity contribution in [1.82, 2.24) is 10.2 Å². The van der Waals surface area contributed by atoms with Gasteiger partial charge in [-0.25, -0.2) is 0 Å². The molecule has 1 aliphatic rings. The Hall–Kier alpha value is -3.28. The van der Waals surface area contributed by atoms with Gasteiger partial charge < -0.3 is 19.7 Å². The van der Waals surface area contributed by atoms with Crippen LogP contribution in [0.15, 0.2) is 55.1 Å². The fourth-order valence-corrected chi connectivity index (χ4v) is 3.49. The Balaban J connectivity index is 1.44. The molecule has 0 aromatic heterocycles. The zero-order valence-electron chi connectivity index (χ0n) is 17.4. The number of amides is 2. The monoisotopic (exact) mass is 408 g/mol. The number of rotatable bonds is 9. The minimum atomic E-state index is -0.206. The highest BCUT2D eigenvalue weighted by Crippen LogP contribution is 2.28. The molecule has 0 saturated carbocycles. The minimum absolute atomic E-state index is 0.129. The van der Waals surface area contributed by atoms with Crippen LogP contribution in [0.2, 0.25) is 0 Å². The van der Waals surface area contributed by atoms with Crippen molar-refractivity contribution in [2.45, 2.75) is 25.8 Å². The molecule has 1 N–H and O–H groups in total. The van der Waals surface area contributed by atoms with Gasteiger partial charge in [0, 0.05) is 31.6 Å². The predicted molar refractivity (Wildman–Crippen MR) is 116 cm³/mol. The lowest BCUT2D eigenvalue weighted by atomic mass is 9.99. The summed E-state index contributed by atoms with van der Waals surface area (Å²) in [4.78, 5) is 26.8. The largest absolute Gasteiger partial charge is 0.493 e. The molecule has 2 aromatic rings. The van der Waals surface area contributed by atoms with Crippen LogP contribution in [0.4, 0.5) is 0 Å². The van der Waals surface area contributed by atoms with Crippen LogP contribution in [0.5, 0.6) is 11.5 Å². The van der Waals surface area contributed by atoms with Crippen molar-refractivity contribution in [2.75, 3.05) is 26.8 Å². The minimum Gasteiger partial charge on any atom is -0.493 e. The third-order valence-corrected chi connectivity index (χ3v) is 5.12. The number of methoxy groups -OCH3 is 1. The molecule has 6 nitrogen and oxygen atoms in total. The molecule has 0 spiro atoms. The van der Waals surface area contributed by atoms with E-state index < -0.39 is 0 Å². The van der Waals surface area contributed by atoms with Gasteiger partial charge in [-0.2, -0.15) is 0 Å². The van der Waals surface area contributed by atoms with Crippen molar-refractivity contribution < 1.29 is 19.1 Å². The number of benzene rings is 2. The molecule has 0 bridgehead atoms. The fraction of sp³-hybridized carbons (Fsp3) is 0.333. The highest BCUT2D eigenvalue weighted by Gasteiger charge is 2.20. The lowest BCUT2D eigenvalue weighted by Crippen LogP contribution is -2.36. The summed E-state index contributed by atoms with van der Waals surface area (Å²) < 4.78 is 10.8. The summed E-state index contributed by atoms with van der Waals surface area (Å²) in [5.74, 6) is 0.972. The molecule has 0 unspecified atom stereocenters. The van der Waals surface area contributed by atoms with Crippen molar-refractivity contribution in [2.24, 2.45) is 0 Å². The molecule has 0 atom stereocenters. The Labute approximate surface area is 177 Å². The summed E-state index contributed by atoms with van der Waals surface area (Å²) in [5, 5.41) is 2.86. The van der Waals surface area contributed by atoms with Gasteiger partial charge in [0.25, 0.3) is 5.91 Å². The van der Waals surface area contributed by atoms with Crippen LogP contribution >= 0.6 is 0 Å². The molecule has 1 aliphatic heterocycles. The van der Waals surface area contributed by atoms with E-state index in [1.165, 1.54) is 18.2 Å². The third-order valence-electron chi connectivity index (χ3n) is 5.12. The molecular weight excluding hydrogens is 380 g/mol. The Morgan fingerprint density at radius 1 is 1.17 bits per heavy atom. The highest BCUT2D eigenvalue weighted by atomic mass is 16.5. The van der Waals surface area contributed by atoms with Crippen LogP contribution in [0.3, 0.4) is 0 Å². The normalized spacial score (nSPS) is 12.6. The SMILES string of the molecule is C=CCOc1ccc(C(=O)NCCCC(=O)N2CCc3ccccc3C2)cc1OC. The molecule has 0 fully saturated rings. The van der Waals surface area contributed by atoms with E-state index in [1.54, 1.807) is 24.3 Å². The van der Waals surface area contributed by atoms with Gasteiger partial charge in [0.05, 0.1) is 7.11 Å². The van der Waals surface area contributed by atoms with E-state index in [4.69, 9.17) is 9.47 Å². The van der Waals surface area contributed by atoms with Gasteiger partial charge >= 0.3 is 0 Å². The maximum Gasteiger partial charge on any atom is 0.251 e. The highest BCUT2D eigenvalue weighted by molar-refractivity contribution is 5.94. The number of carbonyl (C=O) groups is 2. The summed E-state index contributed by atoms with van der Waals surface area (Å²) in [7, 11) is 1.53. The van der Waals surface area contributed by atoms with Crippen molar-refractivity contribution >= 4 is 11.8 Å². The van der Waals surface area contributed by atoms with Gasteiger partial charge in [-0.15, -0.1) is 0 Å². The summed E-state index contributed by atoms with van der Waals surface area (Å²) in [6, 6.07) is 13.3. The first-order valence-electron chi connectivity index (χ1n) is 10.2. The van der Waals surface area contributed by atoms with Crippen LogP contribution in [0.1, 0.15) is 34.3 Å². The number of nitrogens with zero attached hydrogens (tertiary/aromatic N) is 1. The summed E-state index contributed by atoms with van der Waals surface area (Å²) >= 11 is 0. The second-order valence-corrected chi connectivity index (χ2v) is 7.16. The first-order valence-corrected chi connectivity index (χ1v) is 10.2. The van der Waals surface area contributed by atoms with Crippen LogP contribution in [0.25, 0.3) is 0 Å². The molecule has 2 amide bonds. The van der Waals surface area contributed by atoms with Crippen molar-refractivity contribution in [3.63, 3.8) is 0 Å². The zero-order valence-corrected chi connectivity index (χ0v) is 17.4. The van der Waals surface area contributed by atoms with Crippen molar-refractivity contribution in [3.05, 3.63) is 71.8 Å². The average molecular weight is 408 g/mol. The molecule has 0 aliphatic carbocycles. The second kappa shape index (κ2) is 10.5. The van der Waals surface area contributed by atoms with Crippen LogP contribution < -0.4 is 14.8 Å². The average Bonchev–Trinajstić information content (AvgIpc) is 2.79. The summed E-state index contributed by atoms with van der Waals surface area (Å²) in [6.45, 7) is 5.83. The maximum absolute atomic E-state index is 12.5. The molecule has 3 rings (SSSR count). The number of nitrogens with one attached hydrogen (secondary N) is 1. The lowest BCUT2D eigenvalue weighted by Gasteiger charge is -2.29. The van der Waals surface area contributed by atoms with E-state index in [2.05, 4.69) is 24.0 Å². The number of fused-ring (bicyclic) bond motifs is 1. The van der Waals surface area contributed by atoms with E-state index >= 15 is 0 Å². The van der Waals surface area contributed by atoms with Crippen molar-refractivity contribution in [1.29, 1.82) is 0 Å². The third kappa shape index (κ3) is 5.41. The molecule has 0 saturated heterocycles. The van der Waals surface area contributed by atoms with E-state index in [9.17, 15) is 9.59 Å². The Bertz CT molecular complexity index is 910. The van der Waals surface area contributed by atoms with E-state index in [1.807, 2.05) is 17.0 Å². The van der Waals surface area contributed by atoms with Gasteiger partial charge in [0.15, 0.2) is 11.5 Å². The predicted octanol–water partition coefficient (Wildman–Crippen LogP) is 3.35. The Kier molecular flexibility index (Phi) is 7.49. The van der Waals surface area contributed by atoms with E-state index in [0.29, 0.717) is 49.6 Å². The van der Waals surface area contributed by atoms with Gasteiger partial charge in [-0.1, -0.05) is 36.9 Å². The first-order chi connectivity index (χ1) is 14.6. The van der Waals surface area contributed by atoms with Crippen LogP contribution in [0, 0.1) is 0 Å². The number of hydrogen-bond acceptors (Lipinski definition) is 4. The molecule has 158 valence electrons. The molecule has 2 aromatic carbocycles. The maximum atomic E-state index is 12.5. The molecule has 6 heteroatoms. The Morgan fingerprint density at radius 3 is 2.73 bits per heavy atom. The van der Waals surface area contributed by atoms with Crippen LogP contribution in [-0.2, 0) is 17.8 Å². The first kappa shape index (κ1) is 21.4. The standard InChI is InChI=1S/C24H28N2O4/c1-3-15-30-21-11-10-19(16-22(21)29-2)24(28)25-13-6-9-23(27)26-14-12-18-7-4-5-8-20(18)17-26/h3-5,7-8,10-11,16H,1,6,9,12-15,17H2,2H3,(H,25,28). The number of ether oxygens (including phenoxy) is 2. The van der Waals surface area contributed by atoms with Gasteiger partial charge in [-0.05, 0) is 42.2 Å². The smallest absolute Gasteiger partial charge is 0.251 e.